The summed E-state index contributed by atoms with van der Waals surface area (Å²) in [5.74, 6) is 0.482. The Hall–Kier alpha value is -1.09. The molecule has 0 heterocycles. The summed E-state index contributed by atoms with van der Waals surface area (Å²) in [6.07, 6.45) is 1.16. The van der Waals surface area contributed by atoms with Crippen LogP contribution < -0.4 is 10.2 Å². The Balaban J connectivity index is 2.85. The van der Waals surface area contributed by atoms with Gasteiger partial charge in [-0.05, 0) is 36.2 Å². The fourth-order valence-corrected chi connectivity index (χ4v) is 2.02. The summed E-state index contributed by atoms with van der Waals surface area (Å²) < 4.78 is 13.3. The molecule has 1 rings (SSSR count). The number of halogens is 1. The Kier molecular flexibility index (Phi) is 6.13. The highest BCUT2D eigenvalue weighted by atomic mass is 19.1. The second-order valence-electron chi connectivity index (χ2n) is 4.95. The second-order valence-corrected chi connectivity index (χ2v) is 4.95. The standard InChI is InChI=1S/C15H25FN2/c1-5-12(3)11-18(4)15-8-7-14(16)9-13(15)10-17-6-2/h7-9,12,17H,5-6,10-11H2,1-4H3. The van der Waals surface area contributed by atoms with Crippen LogP contribution in [0.2, 0.25) is 0 Å². The van der Waals surface area contributed by atoms with Gasteiger partial charge in [0.25, 0.3) is 0 Å². The molecule has 1 aromatic rings. The van der Waals surface area contributed by atoms with Crippen molar-refractivity contribution in [2.24, 2.45) is 5.92 Å². The van der Waals surface area contributed by atoms with Crippen LogP contribution in [0.4, 0.5) is 10.1 Å². The van der Waals surface area contributed by atoms with Crippen molar-refractivity contribution >= 4 is 5.69 Å². The number of hydrogen-bond donors (Lipinski definition) is 1. The fourth-order valence-electron chi connectivity index (χ4n) is 2.02. The molecule has 1 unspecified atom stereocenters. The molecule has 0 aliphatic heterocycles. The molecule has 0 fully saturated rings. The van der Waals surface area contributed by atoms with E-state index in [0.717, 1.165) is 30.8 Å². The third-order valence-corrected chi connectivity index (χ3v) is 3.30. The molecule has 1 aromatic carbocycles. The van der Waals surface area contributed by atoms with Gasteiger partial charge in [-0.2, -0.15) is 0 Å². The quantitative estimate of drug-likeness (QED) is 0.800. The van der Waals surface area contributed by atoms with Crippen LogP contribution in [0.3, 0.4) is 0 Å². The summed E-state index contributed by atoms with van der Waals surface area (Å²) in [5, 5.41) is 3.26. The highest BCUT2D eigenvalue weighted by Crippen LogP contribution is 2.22. The van der Waals surface area contributed by atoms with Crippen molar-refractivity contribution in [3.05, 3.63) is 29.6 Å². The number of nitrogens with zero attached hydrogens (tertiary/aromatic N) is 1. The van der Waals surface area contributed by atoms with E-state index in [1.807, 2.05) is 6.07 Å². The van der Waals surface area contributed by atoms with Crippen LogP contribution in [0.25, 0.3) is 0 Å². The Bertz CT molecular complexity index is 366. The van der Waals surface area contributed by atoms with Gasteiger partial charge in [0.1, 0.15) is 5.82 Å². The molecular formula is C15H25FN2. The molecular weight excluding hydrogens is 227 g/mol. The molecule has 1 atom stereocenters. The summed E-state index contributed by atoms with van der Waals surface area (Å²) in [6.45, 7) is 9.11. The first kappa shape index (κ1) is 15.0. The van der Waals surface area contributed by atoms with Gasteiger partial charge in [0, 0.05) is 25.8 Å². The molecule has 0 amide bonds. The first-order valence-corrected chi connectivity index (χ1v) is 6.78. The number of benzene rings is 1. The molecule has 0 radical (unpaired) electrons. The fraction of sp³-hybridized carbons (Fsp3) is 0.600. The van der Waals surface area contributed by atoms with Crippen molar-refractivity contribution < 1.29 is 4.39 Å². The summed E-state index contributed by atoms with van der Waals surface area (Å²) >= 11 is 0. The lowest BCUT2D eigenvalue weighted by atomic mass is 10.1. The lowest BCUT2D eigenvalue weighted by Gasteiger charge is -2.25. The molecule has 0 saturated carbocycles. The maximum Gasteiger partial charge on any atom is 0.123 e. The number of rotatable bonds is 7. The molecule has 3 heteroatoms. The van der Waals surface area contributed by atoms with Gasteiger partial charge < -0.3 is 10.2 Å². The van der Waals surface area contributed by atoms with Gasteiger partial charge in [0.05, 0.1) is 0 Å². The van der Waals surface area contributed by atoms with Crippen LogP contribution in [0.15, 0.2) is 18.2 Å². The normalized spacial score (nSPS) is 12.5. The predicted molar refractivity (Wildman–Crippen MR) is 76.5 cm³/mol. The van der Waals surface area contributed by atoms with Crippen LogP contribution in [0.5, 0.6) is 0 Å². The maximum absolute atomic E-state index is 13.3. The summed E-state index contributed by atoms with van der Waals surface area (Å²) in [6, 6.07) is 5.05. The molecule has 0 aromatic heterocycles. The van der Waals surface area contributed by atoms with Crippen LogP contribution in [0, 0.1) is 11.7 Å². The summed E-state index contributed by atoms with van der Waals surface area (Å²) in [5.41, 5.74) is 2.15. The predicted octanol–water partition coefficient (Wildman–Crippen LogP) is 3.42. The number of anilines is 1. The van der Waals surface area contributed by atoms with E-state index in [0.29, 0.717) is 12.5 Å². The van der Waals surface area contributed by atoms with Gasteiger partial charge >= 0.3 is 0 Å². The largest absolute Gasteiger partial charge is 0.374 e. The lowest BCUT2D eigenvalue weighted by molar-refractivity contribution is 0.557. The van der Waals surface area contributed by atoms with E-state index in [-0.39, 0.29) is 5.82 Å². The number of hydrogen-bond acceptors (Lipinski definition) is 2. The molecule has 18 heavy (non-hydrogen) atoms. The zero-order valence-electron chi connectivity index (χ0n) is 12.0. The monoisotopic (exact) mass is 252 g/mol. The maximum atomic E-state index is 13.3. The summed E-state index contributed by atoms with van der Waals surface area (Å²) in [7, 11) is 2.08. The van der Waals surface area contributed by atoms with Gasteiger partial charge in [-0.25, -0.2) is 4.39 Å². The van der Waals surface area contributed by atoms with Gasteiger partial charge in [0.15, 0.2) is 0 Å². The molecule has 0 saturated heterocycles. The third kappa shape index (κ3) is 4.30. The summed E-state index contributed by atoms with van der Waals surface area (Å²) in [4.78, 5) is 2.22. The topological polar surface area (TPSA) is 15.3 Å². The molecule has 2 nitrogen and oxygen atoms in total. The van der Waals surface area contributed by atoms with E-state index in [2.05, 4.69) is 38.0 Å². The highest BCUT2D eigenvalue weighted by molar-refractivity contribution is 5.53. The van der Waals surface area contributed by atoms with E-state index in [4.69, 9.17) is 0 Å². The minimum atomic E-state index is -0.163. The van der Waals surface area contributed by atoms with Crippen LogP contribution in [-0.4, -0.2) is 20.1 Å². The van der Waals surface area contributed by atoms with E-state index in [9.17, 15) is 4.39 Å². The zero-order chi connectivity index (χ0) is 13.5. The van der Waals surface area contributed by atoms with E-state index >= 15 is 0 Å². The molecule has 0 spiro atoms. The average Bonchev–Trinajstić information content (AvgIpc) is 2.36. The lowest BCUT2D eigenvalue weighted by Crippen LogP contribution is -2.25. The minimum Gasteiger partial charge on any atom is -0.374 e. The third-order valence-electron chi connectivity index (χ3n) is 3.30. The van der Waals surface area contributed by atoms with E-state index in [1.165, 1.54) is 6.07 Å². The van der Waals surface area contributed by atoms with Gasteiger partial charge in [-0.1, -0.05) is 27.2 Å². The SMILES string of the molecule is CCNCc1cc(F)ccc1N(C)CC(C)CC. The number of nitrogens with one attached hydrogen (secondary N) is 1. The Morgan fingerprint density at radius 2 is 2.06 bits per heavy atom. The van der Waals surface area contributed by atoms with Crippen molar-refractivity contribution in [2.45, 2.75) is 33.7 Å². The first-order valence-electron chi connectivity index (χ1n) is 6.78. The van der Waals surface area contributed by atoms with Crippen molar-refractivity contribution in [1.29, 1.82) is 0 Å². The molecule has 0 aliphatic carbocycles. The van der Waals surface area contributed by atoms with Crippen molar-refractivity contribution in [3.63, 3.8) is 0 Å². The van der Waals surface area contributed by atoms with Crippen molar-refractivity contribution in [1.82, 2.24) is 5.32 Å². The second kappa shape index (κ2) is 7.37. The highest BCUT2D eigenvalue weighted by Gasteiger charge is 2.10. The molecule has 0 aliphatic rings. The Labute approximate surface area is 110 Å². The van der Waals surface area contributed by atoms with Crippen LogP contribution in [0.1, 0.15) is 32.8 Å². The molecule has 0 bridgehead atoms. The smallest absolute Gasteiger partial charge is 0.123 e. The first-order chi connectivity index (χ1) is 8.58. The Morgan fingerprint density at radius 3 is 2.67 bits per heavy atom. The van der Waals surface area contributed by atoms with Crippen molar-refractivity contribution in [3.8, 4) is 0 Å². The van der Waals surface area contributed by atoms with Crippen LogP contribution in [-0.2, 0) is 6.54 Å². The zero-order valence-corrected chi connectivity index (χ0v) is 12.0. The van der Waals surface area contributed by atoms with Gasteiger partial charge in [-0.3, -0.25) is 0 Å². The Morgan fingerprint density at radius 1 is 1.33 bits per heavy atom. The van der Waals surface area contributed by atoms with E-state index < -0.39 is 0 Å². The minimum absolute atomic E-state index is 0.163. The van der Waals surface area contributed by atoms with Gasteiger partial charge in [0.2, 0.25) is 0 Å². The van der Waals surface area contributed by atoms with Crippen LogP contribution >= 0.6 is 0 Å². The van der Waals surface area contributed by atoms with Crippen molar-refractivity contribution in [2.75, 3.05) is 25.0 Å². The van der Waals surface area contributed by atoms with Gasteiger partial charge in [-0.15, -0.1) is 0 Å². The molecule has 102 valence electrons. The average molecular weight is 252 g/mol. The van der Waals surface area contributed by atoms with E-state index in [1.54, 1.807) is 6.07 Å². The molecule has 1 N–H and O–H groups in total.